The third kappa shape index (κ3) is 3.96. The number of hydrogen-bond acceptors (Lipinski definition) is 6. The van der Waals surface area contributed by atoms with Gasteiger partial charge in [0.15, 0.2) is 0 Å². The molecule has 4 heterocycles. The van der Waals surface area contributed by atoms with E-state index in [0.29, 0.717) is 11.8 Å². The van der Waals surface area contributed by atoms with Gasteiger partial charge in [-0.05, 0) is 43.5 Å². The van der Waals surface area contributed by atoms with Crippen LogP contribution in [-0.2, 0) is 5.60 Å². The average molecular weight is 477 g/mol. The Balaban J connectivity index is 1.48. The van der Waals surface area contributed by atoms with E-state index < -0.39 is 5.60 Å². The fourth-order valence-electron chi connectivity index (χ4n) is 5.90. The van der Waals surface area contributed by atoms with Gasteiger partial charge in [0.25, 0.3) is 0 Å². The fourth-order valence-corrected chi connectivity index (χ4v) is 6.83. The third-order valence-electron chi connectivity index (χ3n) is 7.79. The van der Waals surface area contributed by atoms with Gasteiger partial charge in [0, 0.05) is 60.3 Å². The van der Waals surface area contributed by atoms with Crippen molar-refractivity contribution in [2.24, 2.45) is 5.41 Å². The molecule has 34 heavy (non-hydrogen) atoms. The number of benzene rings is 1. The second-order valence-electron chi connectivity index (χ2n) is 10.9. The Bertz CT molecular complexity index is 1150. The molecule has 5 rings (SSSR count). The molecule has 180 valence electrons. The predicted octanol–water partition coefficient (Wildman–Crippen LogP) is 5.15. The van der Waals surface area contributed by atoms with Crippen molar-refractivity contribution in [2.45, 2.75) is 51.6 Å². The van der Waals surface area contributed by atoms with Gasteiger partial charge in [-0.25, -0.2) is 4.98 Å². The molecule has 1 aromatic carbocycles. The van der Waals surface area contributed by atoms with E-state index in [4.69, 9.17) is 4.98 Å². The van der Waals surface area contributed by atoms with Crippen LogP contribution in [0.5, 0.6) is 0 Å². The Kier molecular flexibility index (Phi) is 6.03. The van der Waals surface area contributed by atoms with Gasteiger partial charge in [0.1, 0.15) is 5.60 Å². The molecule has 1 N–H and O–H groups in total. The predicted molar refractivity (Wildman–Crippen MR) is 140 cm³/mol. The summed E-state index contributed by atoms with van der Waals surface area (Å²) in [6, 6.07) is 10.7. The smallest absolute Gasteiger partial charge is 0.124 e. The normalized spacial score (nSPS) is 22.1. The Labute approximate surface area is 207 Å². The van der Waals surface area contributed by atoms with Crippen LogP contribution in [0, 0.1) is 12.3 Å². The molecule has 0 bridgehead atoms. The van der Waals surface area contributed by atoms with E-state index in [-0.39, 0.29) is 5.41 Å². The van der Waals surface area contributed by atoms with Crippen molar-refractivity contribution in [3.8, 4) is 0 Å². The summed E-state index contributed by atoms with van der Waals surface area (Å²) < 4.78 is 0. The van der Waals surface area contributed by atoms with Crippen LogP contribution in [0.4, 0.5) is 5.69 Å². The van der Waals surface area contributed by atoms with Gasteiger partial charge in [0.2, 0.25) is 0 Å². The van der Waals surface area contributed by atoms with Gasteiger partial charge >= 0.3 is 0 Å². The Morgan fingerprint density at radius 2 is 1.88 bits per heavy atom. The first kappa shape index (κ1) is 23.5. The van der Waals surface area contributed by atoms with E-state index in [1.807, 2.05) is 12.4 Å². The summed E-state index contributed by atoms with van der Waals surface area (Å²) >= 11 is 1.77. The Morgan fingerprint density at radius 3 is 2.50 bits per heavy atom. The van der Waals surface area contributed by atoms with Crippen molar-refractivity contribution in [2.75, 3.05) is 38.1 Å². The highest BCUT2D eigenvalue weighted by Gasteiger charge is 2.55. The fraction of sp³-hybridized carbons (Fsp3) is 0.500. The first-order chi connectivity index (χ1) is 16.2. The van der Waals surface area contributed by atoms with Gasteiger partial charge in [-0.15, -0.1) is 11.3 Å². The molecular weight excluding hydrogens is 440 g/mol. The van der Waals surface area contributed by atoms with Crippen LogP contribution in [0.25, 0.3) is 0 Å². The van der Waals surface area contributed by atoms with E-state index >= 15 is 0 Å². The zero-order valence-corrected chi connectivity index (χ0v) is 21.8. The number of anilines is 1. The minimum absolute atomic E-state index is 0.284. The highest BCUT2D eigenvalue weighted by Crippen LogP contribution is 2.50. The molecule has 2 aliphatic heterocycles. The highest BCUT2D eigenvalue weighted by molar-refractivity contribution is 7.09. The Hall–Kier alpha value is -2.28. The molecule has 0 radical (unpaired) electrons. The lowest BCUT2D eigenvalue weighted by Gasteiger charge is -2.56. The maximum Gasteiger partial charge on any atom is 0.124 e. The van der Waals surface area contributed by atoms with Crippen molar-refractivity contribution in [3.05, 3.63) is 75.5 Å². The van der Waals surface area contributed by atoms with Crippen molar-refractivity contribution in [1.29, 1.82) is 0 Å². The molecule has 5 nitrogen and oxygen atoms in total. The zero-order valence-electron chi connectivity index (χ0n) is 21.0. The number of nitrogens with zero attached hydrogens (tertiary/aromatic N) is 4. The maximum atomic E-state index is 12.5. The summed E-state index contributed by atoms with van der Waals surface area (Å²) in [5, 5.41) is 15.9. The number of rotatable bonds is 6. The molecular formula is C28H36N4OS. The van der Waals surface area contributed by atoms with E-state index in [9.17, 15) is 5.11 Å². The third-order valence-corrected chi connectivity index (χ3v) is 8.91. The van der Waals surface area contributed by atoms with Crippen LogP contribution in [-0.4, -0.2) is 53.2 Å². The largest absolute Gasteiger partial charge is 0.380 e. The van der Waals surface area contributed by atoms with Crippen LogP contribution in [0.15, 0.2) is 48.1 Å². The number of hydrogen-bond donors (Lipinski definition) is 1. The molecule has 0 aliphatic carbocycles. The summed E-state index contributed by atoms with van der Waals surface area (Å²) in [5.41, 5.74) is 3.91. The summed E-state index contributed by atoms with van der Waals surface area (Å²) in [7, 11) is 2.11. The van der Waals surface area contributed by atoms with Crippen molar-refractivity contribution in [3.63, 3.8) is 0 Å². The molecule has 6 heteroatoms. The van der Waals surface area contributed by atoms with Crippen LogP contribution >= 0.6 is 11.3 Å². The highest BCUT2D eigenvalue weighted by atomic mass is 32.1. The van der Waals surface area contributed by atoms with Crippen LogP contribution < -0.4 is 4.90 Å². The molecule has 3 aromatic rings. The summed E-state index contributed by atoms with van der Waals surface area (Å²) in [6.45, 7) is 12.3. The lowest BCUT2D eigenvalue weighted by atomic mass is 9.62. The van der Waals surface area contributed by atoms with E-state index in [1.165, 1.54) is 10.6 Å². The quantitative estimate of drug-likeness (QED) is 0.533. The standard InChI is InChI=1S/C28H36N4OS/c1-19(2)21-6-8-23(9-7-21)28(33,27(4)17-31(5)18-27)24-12-25(14-29-13-24)32-11-10-22(15-32)26-30-20(3)16-34-26/h6-9,12-14,16,19,22,33H,10-11,15,17-18H2,1-5H3. The number of aromatic nitrogens is 2. The molecule has 2 aromatic heterocycles. The van der Waals surface area contributed by atoms with E-state index in [0.717, 1.165) is 55.1 Å². The first-order valence-corrected chi connectivity index (χ1v) is 13.2. The van der Waals surface area contributed by atoms with E-state index in [2.05, 4.69) is 85.2 Å². The SMILES string of the molecule is Cc1csc(C2CCN(c3cncc(C(O)(c4ccc(C(C)C)cc4)C4(C)CN(C)C4)c3)C2)n1. The minimum atomic E-state index is -1.11. The number of aliphatic hydroxyl groups is 1. The van der Waals surface area contributed by atoms with Crippen LogP contribution in [0.2, 0.25) is 0 Å². The summed E-state index contributed by atoms with van der Waals surface area (Å²) in [5.74, 6) is 0.921. The maximum absolute atomic E-state index is 12.5. The van der Waals surface area contributed by atoms with Gasteiger partial charge < -0.3 is 14.9 Å². The lowest BCUT2D eigenvalue weighted by molar-refractivity contribution is -0.127. The molecule has 0 saturated carbocycles. The van der Waals surface area contributed by atoms with Gasteiger partial charge in [-0.2, -0.15) is 0 Å². The summed E-state index contributed by atoms with van der Waals surface area (Å²) in [4.78, 5) is 14.0. The average Bonchev–Trinajstić information content (AvgIpc) is 3.47. The monoisotopic (exact) mass is 476 g/mol. The molecule has 2 saturated heterocycles. The van der Waals surface area contributed by atoms with Crippen molar-refractivity contribution in [1.82, 2.24) is 14.9 Å². The molecule has 2 aliphatic rings. The topological polar surface area (TPSA) is 52.5 Å². The van der Waals surface area contributed by atoms with E-state index in [1.54, 1.807) is 11.3 Å². The number of aryl methyl sites for hydroxylation is 1. The minimum Gasteiger partial charge on any atom is -0.380 e. The van der Waals surface area contributed by atoms with Crippen molar-refractivity contribution >= 4 is 17.0 Å². The molecule has 2 fully saturated rings. The second-order valence-corrected chi connectivity index (χ2v) is 11.8. The second kappa shape index (κ2) is 8.74. The number of likely N-dealkylation sites (tertiary alicyclic amines) is 1. The molecule has 0 spiro atoms. The number of thiazole rings is 1. The first-order valence-electron chi connectivity index (χ1n) is 12.3. The van der Waals surface area contributed by atoms with Gasteiger partial charge in [-0.3, -0.25) is 4.98 Å². The van der Waals surface area contributed by atoms with Crippen molar-refractivity contribution < 1.29 is 5.11 Å². The number of pyridine rings is 1. The van der Waals surface area contributed by atoms with Gasteiger partial charge in [-0.1, -0.05) is 45.0 Å². The molecule has 0 amide bonds. The molecule has 2 unspecified atom stereocenters. The Morgan fingerprint density at radius 1 is 1.15 bits per heavy atom. The molecule has 2 atom stereocenters. The summed E-state index contributed by atoms with van der Waals surface area (Å²) in [6.07, 6.45) is 4.90. The van der Waals surface area contributed by atoms with Gasteiger partial charge in [0.05, 0.1) is 16.9 Å². The lowest BCUT2D eigenvalue weighted by Crippen LogP contribution is -2.63. The van der Waals surface area contributed by atoms with Crippen LogP contribution in [0.3, 0.4) is 0 Å². The zero-order chi connectivity index (χ0) is 24.1. The van der Waals surface area contributed by atoms with Crippen LogP contribution in [0.1, 0.15) is 66.4 Å².